The summed E-state index contributed by atoms with van der Waals surface area (Å²) in [6.45, 7) is 0. The first kappa shape index (κ1) is 11.0. The Bertz CT molecular complexity index is 186. The lowest BCUT2D eigenvalue weighted by Gasteiger charge is -2.22. The molecule has 0 bridgehead atoms. The number of rotatable bonds is 3. The highest BCUT2D eigenvalue weighted by Gasteiger charge is 2.13. The minimum Gasteiger partial charge on any atom is -0.498 e. The molecule has 86 valence electrons. The third-order valence-corrected chi connectivity index (χ3v) is 3.82. The average molecular weight is 208 g/mol. The van der Waals surface area contributed by atoms with Crippen LogP contribution in [0.3, 0.4) is 0 Å². The van der Waals surface area contributed by atoms with Gasteiger partial charge in [0.1, 0.15) is 0 Å². The highest BCUT2D eigenvalue weighted by atomic mass is 16.5. The predicted molar refractivity (Wildman–Crippen MR) is 63.7 cm³/mol. The van der Waals surface area contributed by atoms with Gasteiger partial charge in [-0.15, -0.1) is 0 Å². The maximum atomic E-state index is 5.81. The van der Waals surface area contributed by atoms with Gasteiger partial charge in [0.05, 0.1) is 12.4 Å². The molecule has 0 aliphatic heterocycles. The van der Waals surface area contributed by atoms with Gasteiger partial charge < -0.3 is 4.74 Å². The summed E-state index contributed by atoms with van der Waals surface area (Å²) in [6.07, 6.45) is 18.6. The molecule has 2 fully saturated rings. The Morgan fingerprint density at radius 1 is 0.733 bits per heavy atom. The first-order chi connectivity index (χ1) is 7.45. The largest absolute Gasteiger partial charge is 0.498 e. The lowest BCUT2D eigenvalue weighted by molar-refractivity contribution is 0.105. The minimum atomic E-state index is 0.526. The van der Waals surface area contributed by atoms with E-state index in [0.717, 1.165) is 5.92 Å². The monoisotopic (exact) mass is 208 g/mol. The number of allylic oxidation sites excluding steroid dienone is 1. The lowest BCUT2D eigenvalue weighted by Crippen LogP contribution is -2.13. The van der Waals surface area contributed by atoms with Gasteiger partial charge in [-0.05, 0) is 50.5 Å². The summed E-state index contributed by atoms with van der Waals surface area (Å²) in [6, 6.07) is 0. The van der Waals surface area contributed by atoms with Gasteiger partial charge in [-0.1, -0.05) is 25.7 Å². The number of hydrogen-bond acceptors (Lipinski definition) is 1. The van der Waals surface area contributed by atoms with Crippen molar-refractivity contribution < 1.29 is 4.74 Å². The van der Waals surface area contributed by atoms with E-state index in [1.54, 1.807) is 0 Å². The molecule has 2 aliphatic carbocycles. The van der Waals surface area contributed by atoms with Gasteiger partial charge in [0.2, 0.25) is 0 Å². The van der Waals surface area contributed by atoms with E-state index in [0.29, 0.717) is 6.10 Å². The molecule has 0 unspecified atom stereocenters. The van der Waals surface area contributed by atoms with Crippen LogP contribution in [0.4, 0.5) is 0 Å². The van der Waals surface area contributed by atoms with Crippen LogP contribution in [0.25, 0.3) is 0 Å². The number of hydrogen-bond donors (Lipinski definition) is 0. The maximum Gasteiger partial charge on any atom is 0.0978 e. The molecule has 0 amide bonds. The van der Waals surface area contributed by atoms with Crippen molar-refractivity contribution in [1.29, 1.82) is 0 Å². The Hall–Kier alpha value is -0.460. The van der Waals surface area contributed by atoms with Gasteiger partial charge in [-0.2, -0.15) is 0 Å². The molecule has 0 aromatic rings. The van der Waals surface area contributed by atoms with Gasteiger partial charge in [0, 0.05) is 0 Å². The molecular weight excluding hydrogens is 184 g/mol. The molecule has 0 atom stereocenters. The molecule has 2 saturated carbocycles. The zero-order chi connectivity index (χ0) is 10.3. The quantitative estimate of drug-likeness (QED) is 0.623. The highest BCUT2D eigenvalue weighted by Crippen LogP contribution is 2.25. The normalized spacial score (nSPS) is 25.9. The minimum absolute atomic E-state index is 0.526. The molecule has 0 aromatic carbocycles. The summed E-state index contributed by atoms with van der Waals surface area (Å²) < 4.78 is 5.81. The van der Waals surface area contributed by atoms with Crippen LogP contribution in [-0.2, 0) is 4.74 Å². The summed E-state index contributed by atoms with van der Waals surface area (Å²) in [5.74, 6) is 0.808. The molecule has 0 N–H and O–H groups in total. The predicted octanol–water partition coefficient (Wildman–Crippen LogP) is 4.43. The molecule has 0 saturated heterocycles. The van der Waals surface area contributed by atoms with Crippen LogP contribution in [0.5, 0.6) is 0 Å². The van der Waals surface area contributed by atoms with E-state index in [4.69, 9.17) is 4.74 Å². The van der Waals surface area contributed by atoms with Gasteiger partial charge in [0.15, 0.2) is 0 Å². The van der Waals surface area contributed by atoms with E-state index in [-0.39, 0.29) is 0 Å². The molecule has 2 aliphatic rings. The Morgan fingerprint density at radius 3 is 2.00 bits per heavy atom. The summed E-state index contributed by atoms with van der Waals surface area (Å²) >= 11 is 0. The topological polar surface area (TPSA) is 9.23 Å². The van der Waals surface area contributed by atoms with Crippen LogP contribution < -0.4 is 0 Å². The Labute approximate surface area is 93.9 Å². The molecule has 2 rings (SSSR count). The van der Waals surface area contributed by atoms with Crippen molar-refractivity contribution in [3.8, 4) is 0 Å². The molecule has 0 spiro atoms. The second kappa shape index (κ2) is 6.19. The van der Waals surface area contributed by atoms with Crippen LogP contribution in [0.15, 0.2) is 12.3 Å². The fourth-order valence-electron chi connectivity index (χ4n) is 2.80. The van der Waals surface area contributed by atoms with Crippen molar-refractivity contribution in [3.05, 3.63) is 12.3 Å². The molecule has 0 aromatic heterocycles. The number of ether oxygens (including phenoxy) is 1. The van der Waals surface area contributed by atoms with Gasteiger partial charge in [-0.3, -0.25) is 0 Å². The van der Waals surface area contributed by atoms with Gasteiger partial charge >= 0.3 is 0 Å². The Kier molecular flexibility index (Phi) is 4.56. The van der Waals surface area contributed by atoms with Crippen LogP contribution in [0, 0.1) is 5.92 Å². The van der Waals surface area contributed by atoms with Crippen molar-refractivity contribution in [2.75, 3.05) is 0 Å². The zero-order valence-corrected chi connectivity index (χ0v) is 9.79. The smallest absolute Gasteiger partial charge is 0.0978 e. The van der Waals surface area contributed by atoms with Crippen LogP contribution in [0.2, 0.25) is 0 Å². The van der Waals surface area contributed by atoms with Crippen LogP contribution in [0.1, 0.15) is 64.2 Å². The van der Waals surface area contributed by atoms with Crippen molar-refractivity contribution in [2.45, 2.75) is 70.3 Å². The van der Waals surface area contributed by atoms with Crippen molar-refractivity contribution in [2.24, 2.45) is 5.92 Å². The van der Waals surface area contributed by atoms with E-state index >= 15 is 0 Å². The second-order valence-electron chi connectivity index (χ2n) is 5.12. The van der Waals surface area contributed by atoms with Crippen molar-refractivity contribution >= 4 is 0 Å². The summed E-state index contributed by atoms with van der Waals surface area (Å²) in [5, 5.41) is 0. The van der Waals surface area contributed by atoms with E-state index in [9.17, 15) is 0 Å². The fraction of sp³-hybridized carbons (Fsp3) is 0.857. The van der Waals surface area contributed by atoms with Gasteiger partial charge in [0.25, 0.3) is 0 Å². The standard InChI is InChI=1S/C14H24O/c1-3-7-13(8-4-1)11-12-15-14-9-5-2-6-10-14/h11-14H,1-10H2/b12-11+. The Morgan fingerprint density at radius 2 is 1.33 bits per heavy atom. The first-order valence-electron chi connectivity index (χ1n) is 6.77. The molecule has 15 heavy (non-hydrogen) atoms. The second-order valence-corrected chi connectivity index (χ2v) is 5.12. The molecule has 1 heteroatoms. The van der Waals surface area contributed by atoms with E-state index < -0.39 is 0 Å². The average Bonchev–Trinajstić information content (AvgIpc) is 2.32. The lowest BCUT2D eigenvalue weighted by atomic mass is 9.89. The van der Waals surface area contributed by atoms with E-state index in [1.807, 2.05) is 6.26 Å². The zero-order valence-electron chi connectivity index (χ0n) is 9.79. The van der Waals surface area contributed by atoms with E-state index in [1.165, 1.54) is 64.2 Å². The fourth-order valence-corrected chi connectivity index (χ4v) is 2.80. The Balaban J connectivity index is 1.64. The third-order valence-electron chi connectivity index (χ3n) is 3.82. The SMILES string of the molecule is C(=C\C1CCCCC1)/OC1CCCCC1. The summed E-state index contributed by atoms with van der Waals surface area (Å²) in [5.41, 5.74) is 0. The maximum absolute atomic E-state index is 5.81. The summed E-state index contributed by atoms with van der Waals surface area (Å²) in [4.78, 5) is 0. The molecule has 0 radical (unpaired) electrons. The van der Waals surface area contributed by atoms with E-state index in [2.05, 4.69) is 6.08 Å². The molecule has 1 nitrogen and oxygen atoms in total. The first-order valence-corrected chi connectivity index (χ1v) is 6.77. The molecule has 0 heterocycles. The van der Waals surface area contributed by atoms with Crippen LogP contribution in [-0.4, -0.2) is 6.10 Å². The van der Waals surface area contributed by atoms with Crippen LogP contribution >= 0.6 is 0 Å². The highest BCUT2D eigenvalue weighted by molar-refractivity contribution is 4.86. The van der Waals surface area contributed by atoms with Crippen molar-refractivity contribution in [3.63, 3.8) is 0 Å². The van der Waals surface area contributed by atoms with Crippen molar-refractivity contribution in [1.82, 2.24) is 0 Å². The van der Waals surface area contributed by atoms with Gasteiger partial charge in [-0.25, -0.2) is 0 Å². The molecular formula is C14H24O. The third kappa shape index (κ3) is 3.89. The summed E-state index contributed by atoms with van der Waals surface area (Å²) in [7, 11) is 0.